The van der Waals surface area contributed by atoms with Crippen molar-refractivity contribution in [1.82, 2.24) is 9.97 Å². The van der Waals surface area contributed by atoms with Gasteiger partial charge in [0.05, 0.1) is 16.9 Å². The highest BCUT2D eigenvalue weighted by Gasteiger charge is 2.14. The summed E-state index contributed by atoms with van der Waals surface area (Å²) in [6, 6.07) is 12.6. The number of hydrogen-bond donors (Lipinski definition) is 4. The maximum atomic E-state index is 14.6. The number of rotatable bonds is 5. The van der Waals surface area contributed by atoms with Crippen molar-refractivity contribution in [3.63, 3.8) is 0 Å². The molecule has 3 aromatic rings. The molecule has 0 radical (unpaired) electrons. The second-order valence-electron chi connectivity index (χ2n) is 8.73. The number of allylic oxidation sites excluding steroid dienone is 1. The van der Waals surface area contributed by atoms with Gasteiger partial charge in [-0.25, -0.2) is 19.2 Å². The Morgan fingerprint density at radius 2 is 1.82 bits per heavy atom. The molecule has 0 atom stereocenters. The van der Waals surface area contributed by atoms with Crippen molar-refractivity contribution in [1.29, 1.82) is 0 Å². The fraction of sp³-hybridized carbons (Fsp3) is 0.200. The summed E-state index contributed by atoms with van der Waals surface area (Å²) in [5, 5.41) is 5.40. The van der Waals surface area contributed by atoms with E-state index in [1.54, 1.807) is 24.4 Å². The average Bonchev–Trinajstić information content (AvgIpc) is 2.72. The van der Waals surface area contributed by atoms with Gasteiger partial charge in [-0.05, 0) is 75.2 Å². The number of halogens is 1. The first kappa shape index (κ1) is 24.4. The minimum atomic E-state index is -0.556. The second kappa shape index (κ2) is 10.1. The van der Waals surface area contributed by atoms with Crippen LogP contribution in [0.3, 0.4) is 0 Å². The molecule has 1 heterocycles. The number of nitrogens with zero attached hydrogens (tertiary/aromatic N) is 3. The highest BCUT2D eigenvalue weighted by atomic mass is 19.1. The first-order valence-corrected chi connectivity index (χ1v) is 10.6. The van der Waals surface area contributed by atoms with E-state index >= 15 is 0 Å². The average molecular weight is 462 g/mol. The van der Waals surface area contributed by atoms with Gasteiger partial charge in [-0.15, -0.1) is 0 Å². The lowest BCUT2D eigenvalue weighted by molar-refractivity contribution is 0.262. The number of carbonyl (C=O) groups is 1. The Balaban J connectivity index is 1.99. The normalized spacial score (nSPS) is 12.4. The van der Waals surface area contributed by atoms with E-state index in [2.05, 4.69) is 25.6 Å². The van der Waals surface area contributed by atoms with Gasteiger partial charge in [-0.3, -0.25) is 4.99 Å². The zero-order valence-corrected chi connectivity index (χ0v) is 19.6. The summed E-state index contributed by atoms with van der Waals surface area (Å²) < 4.78 is 14.6. The summed E-state index contributed by atoms with van der Waals surface area (Å²) in [6.07, 6.45) is 3.05. The fourth-order valence-electron chi connectivity index (χ4n) is 3.05. The zero-order chi connectivity index (χ0) is 24.9. The minimum Gasteiger partial charge on any atom is -0.396 e. The first-order chi connectivity index (χ1) is 16.0. The van der Waals surface area contributed by atoms with E-state index in [0.717, 1.165) is 5.56 Å². The Kier molecular flexibility index (Phi) is 7.25. The number of amides is 2. The van der Waals surface area contributed by atoms with Crippen LogP contribution in [0.25, 0.3) is 11.3 Å². The van der Waals surface area contributed by atoms with Gasteiger partial charge in [-0.2, -0.15) is 0 Å². The standard InChI is InChI=1S/C25H28FN7O/c1-15-6-5-7-18(10-15)31-24(34)32-19-12-16(11-17(26)13-19)20(14-30-25(2,3)4)22(27)21-8-9-29-23(28)33-21/h5-14H,27H2,1-4H3,(H2,28,29,33)(H2,31,32,34). The third kappa shape index (κ3) is 6.86. The maximum Gasteiger partial charge on any atom is 0.323 e. The largest absolute Gasteiger partial charge is 0.396 e. The highest BCUT2D eigenvalue weighted by Crippen LogP contribution is 2.26. The lowest BCUT2D eigenvalue weighted by Crippen LogP contribution is -2.19. The second-order valence-corrected chi connectivity index (χ2v) is 8.73. The SMILES string of the molecule is Cc1cccc(NC(=O)Nc2cc(F)cc(C(C=NC(C)(C)C)=C(N)c3ccnc(N)n3)c2)c1. The van der Waals surface area contributed by atoms with Crippen LogP contribution in [0.5, 0.6) is 0 Å². The number of nitrogens with one attached hydrogen (secondary N) is 2. The van der Waals surface area contributed by atoms with E-state index < -0.39 is 17.4 Å². The Morgan fingerprint density at radius 3 is 2.50 bits per heavy atom. The number of benzene rings is 2. The molecule has 2 amide bonds. The first-order valence-electron chi connectivity index (χ1n) is 10.6. The number of aromatic nitrogens is 2. The Morgan fingerprint density at radius 1 is 1.09 bits per heavy atom. The maximum absolute atomic E-state index is 14.6. The van der Waals surface area contributed by atoms with Gasteiger partial charge >= 0.3 is 6.03 Å². The number of carbonyl (C=O) groups excluding carboxylic acids is 1. The molecule has 0 aliphatic carbocycles. The van der Waals surface area contributed by atoms with E-state index in [-0.39, 0.29) is 17.3 Å². The van der Waals surface area contributed by atoms with Crippen molar-refractivity contribution in [2.24, 2.45) is 10.7 Å². The molecule has 2 aromatic carbocycles. The summed E-state index contributed by atoms with van der Waals surface area (Å²) in [6.45, 7) is 7.70. The molecule has 176 valence electrons. The minimum absolute atomic E-state index is 0.0574. The molecule has 0 spiro atoms. The van der Waals surface area contributed by atoms with E-state index in [1.165, 1.54) is 18.3 Å². The van der Waals surface area contributed by atoms with E-state index in [9.17, 15) is 9.18 Å². The van der Waals surface area contributed by atoms with Crippen molar-refractivity contribution in [3.05, 3.63) is 77.4 Å². The quantitative estimate of drug-likeness (QED) is 0.404. The van der Waals surface area contributed by atoms with E-state index in [0.29, 0.717) is 22.5 Å². The van der Waals surface area contributed by atoms with E-state index in [4.69, 9.17) is 11.5 Å². The molecule has 0 fully saturated rings. The van der Waals surface area contributed by atoms with Gasteiger partial charge < -0.3 is 22.1 Å². The topological polar surface area (TPSA) is 131 Å². The van der Waals surface area contributed by atoms with E-state index in [1.807, 2.05) is 45.9 Å². The predicted molar refractivity (Wildman–Crippen MR) is 136 cm³/mol. The van der Waals surface area contributed by atoms with Crippen LogP contribution < -0.4 is 22.1 Å². The molecule has 0 aliphatic heterocycles. The number of nitrogens with two attached hydrogens (primary N) is 2. The smallest absolute Gasteiger partial charge is 0.323 e. The highest BCUT2D eigenvalue weighted by molar-refractivity contribution is 6.19. The number of hydrogen-bond acceptors (Lipinski definition) is 6. The predicted octanol–water partition coefficient (Wildman–Crippen LogP) is 4.85. The third-order valence-corrected chi connectivity index (χ3v) is 4.56. The molecule has 0 saturated carbocycles. The van der Waals surface area contributed by atoms with Gasteiger partial charge in [0.25, 0.3) is 0 Å². The molecule has 34 heavy (non-hydrogen) atoms. The Labute approximate surface area is 198 Å². The molecule has 1 aromatic heterocycles. The fourth-order valence-corrected chi connectivity index (χ4v) is 3.05. The molecular formula is C25H28FN7O. The molecule has 6 N–H and O–H groups in total. The molecule has 9 heteroatoms. The number of aryl methyl sites for hydroxylation is 1. The van der Waals surface area contributed by atoms with Crippen LogP contribution in [0.1, 0.15) is 37.6 Å². The molecule has 3 rings (SSSR count). The van der Waals surface area contributed by atoms with Crippen LogP contribution in [0.15, 0.2) is 59.7 Å². The zero-order valence-electron chi connectivity index (χ0n) is 19.6. The van der Waals surface area contributed by atoms with Crippen molar-refractivity contribution < 1.29 is 9.18 Å². The molecule has 0 bridgehead atoms. The molecule has 0 saturated heterocycles. The summed E-state index contributed by atoms with van der Waals surface area (Å²) in [4.78, 5) is 25.1. The van der Waals surface area contributed by atoms with Crippen molar-refractivity contribution in [2.75, 3.05) is 16.4 Å². The van der Waals surface area contributed by atoms with Crippen LogP contribution in [0.4, 0.5) is 26.5 Å². The van der Waals surface area contributed by atoms with Crippen LogP contribution in [0, 0.1) is 12.7 Å². The van der Waals surface area contributed by atoms with Crippen molar-refractivity contribution in [2.45, 2.75) is 33.2 Å². The van der Waals surface area contributed by atoms with Crippen LogP contribution in [-0.2, 0) is 0 Å². The van der Waals surface area contributed by atoms with Crippen LogP contribution in [0.2, 0.25) is 0 Å². The van der Waals surface area contributed by atoms with Gasteiger partial charge in [0.2, 0.25) is 5.95 Å². The van der Waals surface area contributed by atoms with Gasteiger partial charge in [0.1, 0.15) is 5.82 Å². The lowest BCUT2D eigenvalue weighted by atomic mass is 10.0. The summed E-state index contributed by atoms with van der Waals surface area (Å²) >= 11 is 0. The number of urea groups is 1. The van der Waals surface area contributed by atoms with Gasteiger partial charge in [0.15, 0.2) is 0 Å². The number of anilines is 3. The van der Waals surface area contributed by atoms with Crippen molar-refractivity contribution >= 4 is 40.8 Å². The number of aliphatic imine (C=N–C) groups is 1. The monoisotopic (exact) mass is 461 g/mol. The Bertz CT molecular complexity index is 1260. The van der Waals surface area contributed by atoms with Crippen LogP contribution >= 0.6 is 0 Å². The number of nitrogen functional groups attached to an aromatic ring is 1. The molecule has 0 unspecified atom stereocenters. The van der Waals surface area contributed by atoms with Gasteiger partial charge in [-0.1, -0.05) is 12.1 Å². The lowest BCUT2D eigenvalue weighted by Gasteiger charge is -2.15. The van der Waals surface area contributed by atoms with Gasteiger partial charge in [0, 0.05) is 29.4 Å². The van der Waals surface area contributed by atoms with Crippen LogP contribution in [-0.4, -0.2) is 27.8 Å². The summed E-state index contributed by atoms with van der Waals surface area (Å²) in [7, 11) is 0. The van der Waals surface area contributed by atoms with Crippen molar-refractivity contribution in [3.8, 4) is 0 Å². The molecular weight excluding hydrogens is 433 g/mol. The Hall–Kier alpha value is -4.27. The third-order valence-electron chi connectivity index (χ3n) is 4.56. The summed E-state index contributed by atoms with van der Waals surface area (Å²) in [5.74, 6) is -0.498. The summed E-state index contributed by atoms with van der Waals surface area (Å²) in [5.41, 5.74) is 15.0. The molecule has 8 nitrogen and oxygen atoms in total. The molecule has 0 aliphatic rings.